The van der Waals surface area contributed by atoms with Crippen molar-refractivity contribution in [1.82, 2.24) is 15.2 Å². The summed E-state index contributed by atoms with van der Waals surface area (Å²) in [6, 6.07) is 8.17. The number of hydrogen-bond donors (Lipinski definition) is 2. The van der Waals surface area contributed by atoms with Gasteiger partial charge in [0.15, 0.2) is 5.58 Å². The molecule has 0 spiro atoms. The van der Waals surface area contributed by atoms with E-state index in [1.165, 1.54) is 0 Å². The number of carbonyl (C=O) groups excluding carboxylic acids is 1. The average Bonchev–Trinajstić information content (AvgIpc) is 3.35. The second kappa shape index (κ2) is 6.77. The molecular formula is C19H25N3O3. The van der Waals surface area contributed by atoms with Crippen LogP contribution in [0.25, 0.3) is 11.1 Å². The zero-order chi connectivity index (χ0) is 17.4. The number of benzene rings is 1. The third-order valence-corrected chi connectivity index (χ3v) is 5.43. The van der Waals surface area contributed by atoms with Gasteiger partial charge in [-0.05, 0) is 63.7 Å². The van der Waals surface area contributed by atoms with Crippen LogP contribution < -0.4 is 5.32 Å². The van der Waals surface area contributed by atoms with Crippen molar-refractivity contribution in [3.05, 3.63) is 30.2 Å². The van der Waals surface area contributed by atoms with Crippen molar-refractivity contribution in [2.45, 2.75) is 50.8 Å². The molecule has 2 aliphatic rings. The zero-order valence-corrected chi connectivity index (χ0v) is 14.5. The van der Waals surface area contributed by atoms with E-state index in [9.17, 15) is 9.90 Å². The van der Waals surface area contributed by atoms with E-state index in [-0.39, 0.29) is 17.9 Å². The largest absolute Gasteiger partial charge is 0.439 e. The Morgan fingerprint density at radius 1 is 1.28 bits per heavy atom. The van der Waals surface area contributed by atoms with Gasteiger partial charge in [-0.3, -0.25) is 9.69 Å². The van der Waals surface area contributed by atoms with Crippen molar-refractivity contribution in [1.29, 1.82) is 0 Å². The Kier molecular flexibility index (Phi) is 4.48. The fraction of sp³-hybridized carbons (Fsp3) is 0.579. The van der Waals surface area contributed by atoms with Crippen molar-refractivity contribution < 1.29 is 14.3 Å². The maximum Gasteiger partial charge on any atom is 0.249 e. The molecule has 1 saturated carbocycles. The predicted molar refractivity (Wildman–Crippen MR) is 93.9 cm³/mol. The van der Waals surface area contributed by atoms with Crippen LogP contribution in [0.4, 0.5) is 0 Å². The molecule has 1 aromatic carbocycles. The molecule has 0 unspecified atom stereocenters. The van der Waals surface area contributed by atoms with Gasteiger partial charge in [0, 0.05) is 6.04 Å². The number of carbonyl (C=O) groups is 1. The summed E-state index contributed by atoms with van der Waals surface area (Å²) < 4.78 is 5.88. The van der Waals surface area contributed by atoms with Crippen molar-refractivity contribution in [2.24, 2.45) is 5.92 Å². The van der Waals surface area contributed by atoms with Crippen LogP contribution in [0.15, 0.2) is 28.7 Å². The van der Waals surface area contributed by atoms with Crippen molar-refractivity contribution in [3.8, 4) is 0 Å². The van der Waals surface area contributed by atoms with Crippen LogP contribution in [0.1, 0.15) is 44.5 Å². The van der Waals surface area contributed by atoms with E-state index in [1.807, 2.05) is 24.3 Å². The lowest BCUT2D eigenvalue weighted by atomic mass is 9.90. The van der Waals surface area contributed by atoms with E-state index in [0.717, 1.165) is 55.8 Å². The molecule has 2 heterocycles. The molecule has 1 aliphatic heterocycles. The van der Waals surface area contributed by atoms with Gasteiger partial charge in [0.05, 0.1) is 6.04 Å². The van der Waals surface area contributed by atoms with E-state index in [0.29, 0.717) is 6.04 Å². The number of hydrogen-bond acceptors (Lipinski definition) is 5. The summed E-state index contributed by atoms with van der Waals surface area (Å²) in [4.78, 5) is 18.9. The number of likely N-dealkylation sites (tertiary alicyclic amines) is 1. The number of para-hydroxylation sites is 2. The number of piperidine rings is 1. The Hall–Kier alpha value is -1.92. The second-order valence-electron chi connectivity index (χ2n) is 7.30. The maximum absolute atomic E-state index is 12.0. The van der Waals surface area contributed by atoms with E-state index < -0.39 is 6.10 Å². The number of fused-ring (bicyclic) bond motifs is 1. The highest BCUT2D eigenvalue weighted by molar-refractivity contribution is 5.81. The molecule has 2 fully saturated rings. The fourth-order valence-corrected chi connectivity index (χ4v) is 3.58. The predicted octanol–water partition coefficient (Wildman–Crippen LogP) is 2.24. The summed E-state index contributed by atoms with van der Waals surface area (Å²) in [6.07, 6.45) is 2.81. The Balaban J connectivity index is 1.35. The van der Waals surface area contributed by atoms with Crippen molar-refractivity contribution >= 4 is 17.0 Å². The minimum Gasteiger partial charge on any atom is -0.439 e. The molecule has 0 radical (unpaired) electrons. The number of rotatable bonds is 5. The van der Waals surface area contributed by atoms with Gasteiger partial charge in [0.2, 0.25) is 11.8 Å². The molecule has 2 aromatic rings. The maximum atomic E-state index is 12.0. The van der Waals surface area contributed by atoms with Crippen LogP contribution in [0.3, 0.4) is 0 Å². The third-order valence-electron chi connectivity index (χ3n) is 5.43. The lowest BCUT2D eigenvalue weighted by Gasteiger charge is -2.36. The normalized spacial score (nSPS) is 22.0. The lowest BCUT2D eigenvalue weighted by Crippen LogP contribution is -2.45. The molecule has 6 nitrogen and oxygen atoms in total. The van der Waals surface area contributed by atoms with Gasteiger partial charge in [0.25, 0.3) is 0 Å². The molecule has 1 aromatic heterocycles. The van der Waals surface area contributed by atoms with Gasteiger partial charge < -0.3 is 14.8 Å². The SMILES string of the molecule is C[C@@H](c1nc2ccccc2o1)N1CCC([C@@H](O)C(=O)NC2CC2)CC1. The molecule has 0 bridgehead atoms. The molecule has 1 saturated heterocycles. The number of oxazole rings is 1. The molecule has 2 N–H and O–H groups in total. The van der Waals surface area contributed by atoms with Gasteiger partial charge >= 0.3 is 0 Å². The first-order chi connectivity index (χ1) is 12.1. The van der Waals surface area contributed by atoms with E-state index >= 15 is 0 Å². The quantitative estimate of drug-likeness (QED) is 0.870. The van der Waals surface area contributed by atoms with Crippen molar-refractivity contribution in [3.63, 3.8) is 0 Å². The molecule has 4 rings (SSSR count). The zero-order valence-electron chi connectivity index (χ0n) is 14.5. The molecule has 25 heavy (non-hydrogen) atoms. The third kappa shape index (κ3) is 3.55. The standard InChI is InChI=1S/C19H25N3O3/c1-12(19-21-15-4-2-3-5-16(15)25-19)22-10-8-13(9-11-22)17(23)18(24)20-14-6-7-14/h2-5,12-14,17,23H,6-11H2,1H3,(H,20,24)/t12-,17+/m0/s1. The van der Waals surface area contributed by atoms with Crippen LogP contribution in [0.2, 0.25) is 0 Å². The summed E-state index contributed by atoms with van der Waals surface area (Å²) in [5.74, 6) is 0.561. The van der Waals surface area contributed by atoms with Crippen LogP contribution in [-0.2, 0) is 4.79 Å². The number of aromatic nitrogens is 1. The first kappa shape index (κ1) is 16.5. The second-order valence-corrected chi connectivity index (χ2v) is 7.30. The lowest BCUT2D eigenvalue weighted by molar-refractivity contribution is -0.133. The molecule has 1 amide bonds. The van der Waals surface area contributed by atoms with Crippen molar-refractivity contribution in [2.75, 3.05) is 13.1 Å². The van der Waals surface area contributed by atoms with Crippen LogP contribution in [0.5, 0.6) is 0 Å². The van der Waals surface area contributed by atoms with Gasteiger partial charge in [-0.1, -0.05) is 12.1 Å². The van der Waals surface area contributed by atoms with Crippen LogP contribution in [-0.4, -0.2) is 46.1 Å². The summed E-state index contributed by atoms with van der Waals surface area (Å²) in [5.41, 5.74) is 1.69. The minimum atomic E-state index is -0.887. The van der Waals surface area contributed by atoms with E-state index in [4.69, 9.17) is 4.42 Å². The van der Waals surface area contributed by atoms with Gasteiger partial charge in [-0.15, -0.1) is 0 Å². The number of nitrogens with zero attached hydrogens (tertiary/aromatic N) is 2. The first-order valence-electron chi connectivity index (χ1n) is 9.20. The number of nitrogens with one attached hydrogen (secondary N) is 1. The summed E-state index contributed by atoms with van der Waals surface area (Å²) in [7, 11) is 0. The monoisotopic (exact) mass is 343 g/mol. The highest BCUT2D eigenvalue weighted by Gasteiger charge is 2.34. The minimum absolute atomic E-state index is 0.0332. The first-order valence-corrected chi connectivity index (χ1v) is 9.20. The van der Waals surface area contributed by atoms with E-state index in [2.05, 4.69) is 22.1 Å². The topological polar surface area (TPSA) is 78.6 Å². The summed E-state index contributed by atoms with van der Waals surface area (Å²) >= 11 is 0. The number of aliphatic hydroxyl groups is 1. The highest BCUT2D eigenvalue weighted by Crippen LogP contribution is 2.30. The Morgan fingerprint density at radius 3 is 2.68 bits per heavy atom. The molecule has 2 atom stereocenters. The average molecular weight is 343 g/mol. The Bertz CT molecular complexity index is 714. The summed E-state index contributed by atoms with van der Waals surface area (Å²) in [5, 5.41) is 13.2. The molecule has 134 valence electrons. The number of aliphatic hydroxyl groups excluding tert-OH is 1. The van der Waals surface area contributed by atoms with Crippen LogP contribution >= 0.6 is 0 Å². The molecule has 6 heteroatoms. The van der Waals surface area contributed by atoms with E-state index in [1.54, 1.807) is 0 Å². The summed E-state index contributed by atoms with van der Waals surface area (Å²) in [6.45, 7) is 3.76. The van der Waals surface area contributed by atoms with Crippen LogP contribution in [0, 0.1) is 5.92 Å². The number of amides is 1. The Labute approximate surface area is 147 Å². The van der Waals surface area contributed by atoms with Gasteiger partial charge in [0.1, 0.15) is 11.6 Å². The fourth-order valence-electron chi connectivity index (χ4n) is 3.58. The van der Waals surface area contributed by atoms with Gasteiger partial charge in [-0.25, -0.2) is 4.98 Å². The smallest absolute Gasteiger partial charge is 0.249 e. The Morgan fingerprint density at radius 2 is 2.00 bits per heavy atom. The molecule has 1 aliphatic carbocycles. The molecular weight excluding hydrogens is 318 g/mol. The van der Waals surface area contributed by atoms with Gasteiger partial charge in [-0.2, -0.15) is 0 Å². The highest BCUT2D eigenvalue weighted by atomic mass is 16.3.